The largest absolute Gasteiger partial charge is 0.393 e. The Morgan fingerprint density at radius 1 is 1.29 bits per heavy atom. The van der Waals surface area contributed by atoms with E-state index in [1.165, 1.54) is 0 Å². The normalized spacial score (nSPS) is 25.5. The zero-order valence-electron chi connectivity index (χ0n) is 11.2. The second-order valence-corrected chi connectivity index (χ2v) is 6.13. The predicted octanol–water partition coefficient (Wildman–Crippen LogP) is 2.46. The highest BCUT2D eigenvalue weighted by molar-refractivity contribution is 4.80. The maximum absolute atomic E-state index is 9.43. The van der Waals surface area contributed by atoms with Crippen LogP contribution in [-0.4, -0.2) is 24.3 Å². The molecule has 0 saturated heterocycles. The molecule has 0 amide bonds. The van der Waals surface area contributed by atoms with Gasteiger partial charge in [0, 0.05) is 13.0 Å². The molecule has 0 bridgehead atoms. The van der Waals surface area contributed by atoms with Gasteiger partial charge in [0.2, 0.25) is 0 Å². The third kappa shape index (κ3) is 6.05. The molecule has 0 aromatic carbocycles. The maximum Gasteiger partial charge on any atom is 0.0621 e. The number of hydrogen-bond acceptors (Lipinski definition) is 3. The lowest BCUT2D eigenvalue weighted by Gasteiger charge is -2.28. The van der Waals surface area contributed by atoms with Crippen molar-refractivity contribution in [1.82, 2.24) is 5.32 Å². The summed E-state index contributed by atoms with van der Waals surface area (Å²) in [6.45, 7) is 6.46. The smallest absolute Gasteiger partial charge is 0.0621 e. The molecule has 1 aliphatic carbocycles. The van der Waals surface area contributed by atoms with E-state index in [0.29, 0.717) is 6.42 Å². The number of hydrogen-bond donors (Lipinski definition) is 2. The van der Waals surface area contributed by atoms with Gasteiger partial charge in [-0.15, -0.1) is 0 Å². The Kier molecular flexibility index (Phi) is 5.94. The fourth-order valence-electron chi connectivity index (χ4n) is 2.45. The zero-order valence-corrected chi connectivity index (χ0v) is 11.2. The van der Waals surface area contributed by atoms with Gasteiger partial charge in [0.1, 0.15) is 0 Å². The third-order valence-corrected chi connectivity index (χ3v) is 3.77. The Morgan fingerprint density at radius 3 is 2.53 bits per heavy atom. The van der Waals surface area contributed by atoms with Crippen molar-refractivity contribution in [2.24, 2.45) is 11.3 Å². The van der Waals surface area contributed by atoms with E-state index in [1.54, 1.807) is 0 Å². The number of aliphatic hydroxyl groups excluding tert-OH is 1. The molecule has 17 heavy (non-hydrogen) atoms. The van der Waals surface area contributed by atoms with E-state index in [1.807, 2.05) is 0 Å². The van der Waals surface area contributed by atoms with E-state index in [2.05, 4.69) is 25.2 Å². The second kappa shape index (κ2) is 6.98. The van der Waals surface area contributed by atoms with Gasteiger partial charge in [-0.3, -0.25) is 0 Å². The van der Waals surface area contributed by atoms with Crippen LogP contribution in [0, 0.1) is 22.7 Å². The molecule has 0 aromatic heterocycles. The molecule has 3 nitrogen and oxygen atoms in total. The maximum atomic E-state index is 9.43. The van der Waals surface area contributed by atoms with Gasteiger partial charge in [-0.25, -0.2) is 0 Å². The van der Waals surface area contributed by atoms with Crippen LogP contribution in [0.3, 0.4) is 0 Å². The molecule has 0 heterocycles. The quantitative estimate of drug-likeness (QED) is 0.747. The minimum absolute atomic E-state index is 0.0571. The first-order valence-corrected chi connectivity index (χ1v) is 6.79. The van der Waals surface area contributed by atoms with Crippen LogP contribution in [0.4, 0.5) is 0 Å². The molecule has 1 aliphatic rings. The summed E-state index contributed by atoms with van der Waals surface area (Å²) >= 11 is 0. The highest BCUT2D eigenvalue weighted by atomic mass is 16.3. The summed E-state index contributed by atoms with van der Waals surface area (Å²) in [7, 11) is 0. The average molecular weight is 238 g/mol. The number of aliphatic hydroxyl groups is 1. The summed E-state index contributed by atoms with van der Waals surface area (Å²) in [5, 5.41) is 21.5. The van der Waals surface area contributed by atoms with Crippen molar-refractivity contribution < 1.29 is 5.11 Å². The van der Waals surface area contributed by atoms with E-state index in [0.717, 1.165) is 51.1 Å². The van der Waals surface area contributed by atoms with E-state index in [4.69, 9.17) is 5.26 Å². The highest BCUT2D eigenvalue weighted by Crippen LogP contribution is 2.24. The molecule has 0 aliphatic heterocycles. The van der Waals surface area contributed by atoms with Crippen molar-refractivity contribution in [3.63, 3.8) is 0 Å². The Labute approximate surface area is 105 Å². The highest BCUT2D eigenvalue weighted by Gasteiger charge is 2.21. The molecule has 98 valence electrons. The fourth-order valence-corrected chi connectivity index (χ4v) is 2.45. The zero-order chi connectivity index (χ0) is 12.7. The predicted molar refractivity (Wildman–Crippen MR) is 69.5 cm³/mol. The van der Waals surface area contributed by atoms with E-state index < -0.39 is 0 Å². The lowest BCUT2D eigenvalue weighted by Crippen LogP contribution is -2.34. The van der Waals surface area contributed by atoms with Crippen molar-refractivity contribution in [2.45, 2.75) is 58.5 Å². The lowest BCUT2D eigenvalue weighted by molar-refractivity contribution is 0.107. The van der Waals surface area contributed by atoms with Crippen LogP contribution >= 0.6 is 0 Å². The Balaban J connectivity index is 2.12. The SMILES string of the molecule is CC(C)(CCC#N)CNCC1CCC(O)CC1. The van der Waals surface area contributed by atoms with E-state index in [9.17, 15) is 5.11 Å². The lowest BCUT2D eigenvalue weighted by atomic mass is 9.86. The third-order valence-electron chi connectivity index (χ3n) is 3.77. The molecule has 1 fully saturated rings. The number of nitriles is 1. The van der Waals surface area contributed by atoms with Crippen molar-refractivity contribution >= 4 is 0 Å². The first-order chi connectivity index (χ1) is 8.03. The first-order valence-electron chi connectivity index (χ1n) is 6.79. The van der Waals surface area contributed by atoms with Crippen LogP contribution in [0.5, 0.6) is 0 Å². The molecular weight excluding hydrogens is 212 g/mol. The van der Waals surface area contributed by atoms with Gasteiger partial charge in [0.25, 0.3) is 0 Å². The van der Waals surface area contributed by atoms with Crippen LogP contribution in [0.1, 0.15) is 52.4 Å². The van der Waals surface area contributed by atoms with Crippen LogP contribution in [0.15, 0.2) is 0 Å². The molecule has 1 saturated carbocycles. The molecule has 0 aromatic rings. The number of nitrogens with one attached hydrogen (secondary N) is 1. The van der Waals surface area contributed by atoms with E-state index in [-0.39, 0.29) is 11.5 Å². The summed E-state index contributed by atoms with van der Waals surface area (Å²) in [6.07, 6.45) is 5.76. The second-order valence-electron chi connectivity index (χ2n) is 6.13. The summed E-state index contributed by atoms with van der Waals surface area (Å²) in [5.74, 6) is 0.727. The Hall–Kier alpha value is -0.590. The van der Waals surface area contributed by atoms with Gasteiger partial charge < -0.3 is 10.4 Å². The van der Waals surface area contributed by atoms with E-state index >= 15 is 0 Å². The Morgan fingerprint density at radius 2 is 1.94 bits per heavy atom. The fraction of sp³-hybridized carbons (Fsp3) is 0.929. The van der Waals surface area contributed by atoms with Gasteiger partial charge in [-0.1, -0.05) is 13.8 Å². The van der Waals surface area contributed by atoms with Crippen LogP contribution in [0.2, 0.25) is 0 Å². The minimum Gasteiger partial charge on any atom is -0.393 e. The molecule has 3 heteroatoms. The van der Waals surface area contributed by atoms with Crippen LogP contribution < -0.4 is 5.32 Å². The summed E-state index contributed by atoms with van der Waals surface area (Å²) in [4.78, 5) is 0. The van der Waals surface area contributed by atoms with Crippen molar-refractivity contribution in [3.8, 4) is 6.07 Å². The van der Waals surface area contributed by atoms with Crippen LogP contribution in [0.25, 0.3) is 0 Å². The molecule has 1 rings (SSSR count). The monoisotopic (exact) mass is 238 g/mol. The standard InChI is InChI=1S/C14H26N2O/c1-14(2,8-3-9-15)11-16-10-12-4-6-13(17)7-5-12/h12-13,16-17H,3-8,10-11H2,1-2H3. The van der Waals surface area contributed by atoms with Gasteiger partial charge in [0.05, 0.1) is 12.2 Å². The molecule has 0 spiro atoms. The topological polar surface area (TPSA) is 56.0 Å². The van der Waals surface area contributed by atoms with Gasteiger partial charge in [-0.2, -0.15) is 5.26 Å². The molecule has 2 N–H and O–H groups in total. The van der Waals surface area contributed by atoms with Crippen molar-refractivity contribution in [3.05, 3.63) is 0 Å². The average Bonchev–Trinajstić information content (AvgIpc) is 2.29. The molecular formula is C14H26N2O. The molecule has 0 unspecified atom stereocenters. The van der Waals surface area contributed by atoms with Crippen molar-refractivity contribution in [1.29, 1.82) is 5.26 Å². The van der Waals surface area contributed by atoms with Gasteiger partial charge >= 0.3 is 0 Å². The number of nitrogens with zero attached hydrogens (tertiary/aromatic N) is 1. The summed E-state index contributed by atoms with van der Waals surface area (Å²) in [5.41, 5.74) is 0.212. The molecule has 0 radical (unpaired) electrons. The van der Waals surface area contributed by atoms with Crippen LogP contribution in [-0.2, 0) is 0 Å². The summed E-state index contributed by atoms with van der Waals surface area (Å²) < 4.78 is 0. The number of rotatable bonds is 6. The molecule has 0 atom stereocenters. The van der Waals surface area contributed by atoms with Gasteiger partial charge in [0.15, 0.2) is 0 Å². The minimum atomic E-state index is -0.0571. The summed E-state index contributed by atoms with van der Waals surface area (Å²) in [6, 6.07) is 2.21. The van der Waals surface area contributed by atoms with Gasteiger partial charge in [-0.05, 0) is 50.0 Å². The Bertz CT molecular complexity index is 249. The first kappa shape index (κ1) is 14.5. The van der Waals surface area contributed by atoms with Crippen molar-refractivity contribution in [2.75, 3.05) is 13.1 Å².